The molecule has 0 saturated heterocycles. The fraction of sp³-hybridized carbons (Fsp3) is 0.0870. The Morgan fingerprint density at radius 1 is 0.972 bits per heavy atom. The highest BCUT2D eigenvalue weighted by Gasteiger charge is 2.39. The number of rotatable bonds is 8. The number of nitro groups is 2. The highest BCUT2D eigenvalue weighted by Crippen LogP contribution is 2.46. The number of ketones is 1. The lowest BCUT2D eigenvalue weighted by Crippen LogP contribution is -2.08. The predicted molar refractivity (Wildman–Crippen MR) is 123 cm³/mol. The molecular formula is C23H14ClF3N2O7. The van der Waals surface area contributed by atoms with E-state index in [2.05, 4.69) is 0 Å². The number of para-hydroxylation sites is 1. The molecule has 0 spiro atoms. The van der Waals surface area contributed by atoms with Crippen LogP contribution in [-0.2, 0) is 6.18 Å². The first kappa shape index (κ1) is 26.2. The molecule has 0 aromatic heterocycles. The van der Waals surface area contributed by atoms with Gasteiger partial charge in [-0.05, 0) is 42.5 Å². The molecule has 9 nitrogen and oxygen atoms in total. The maximum Gasteiger partial charge on any atom is 0.416 e. The fourth-order valence-electron chi connectivity index (χ4n) is 3.02. The van der Waals surface area contributed by atoms with Crippen molar-refractivity contribution in [3.05, 3.63) is 103 Å². The third kappa shape index (κ3) is 5.78. The van der Waals surface area contributed by atoms with Crippen LogP contribution in [0.5, 0.6) is 17.2 Å². The van der Waals surface area contributed by atoms with Crippen LogP contribution in [0.15, 0.2) is 60.7 Å². The summed E-state index contributed by atoms with van der Waals surface area (Å²) in [6, 6.07) is 10.5. The molecule has 0 aliphatic rings. The highest BCUT2D eigenvalue weighted by atomic mass is 35.5. The van der Waals surface area contributed by atoms with Gasteiger partial charge in [-0.3, -0.25) is 25.0 Å². The Morgan fingerprint density at radius 3 is 2.06 bits per heavy atom. The van der Waals surface area contributed by atoms with Crippen LogP contribution in [0.1, 0.15) is 21.5 Å². The van der Waals surface area contributed by atoms with Crippen LogP contribution in [0, 0.1) is 20.2 Å². The van der Waals surface area contributed by atoms with Gasteiger partial charge in [0.05, 0.1) is 27.5 Å². The largest absolute Gasteiger partial charge is 0.497 e. The van der Waals surface area contributed by atoms with E-state index in [0.717, 1.165) is 6.08 Å². The van der Waals surface area contributed by atoms with Crippen LogP contribution < -0.4 is 9.47 Å². The lowest BCUT2D eigenvalue weighted by molar-refractivity contribution is -0.396. The van der Waals surface area contributed by atoms with Crippen molar-refractivity contribution >= 4 is 34.8 Å². The number of hydrogen-bond acceptors (Lipinski definition) is 7. The van der Waals surface area contributed by atoms with Crippen LogP contribution >= 0.6 is 11.6 Å². The minimum absolute atomic E-state index is 0.0767. The van der Waals surface area contributed by atoms with Gasteiger partial charge in [-0.25, -0.2) is 0 Å². The van der Waals surface area contributed by atoms with E-state index < -0.39 is 44.5 Å². The van der Waals surface area contributed by atoms with E-state index in [0.29, 0.717) is 11.3 Å². The normalized spacial score (nSPS) is 11.4. The molecule has 0 bridgehead atoms. The second kappa shape index (κ2) is 10.4. The zero-order chi connectivity index (χ0) is 26.6. The summed E-state index contributed by atoms with van der Waals surface area (Å²) in [5, 5.41) is 22.8. The Hall–Kier alpha value is -4.45. The van der Waals surface area contributed by atoms with Crippen LogP contribution in [0.3, 0.4) is 0 Å². The predicted octanol–water partition coefficient (Wildman–Crippen LogP) is 6.87. The SMILES string of the molecule is COc1ccc(C(=O)/C=C/c2cccc(Cl)c2Oc2c([N+](=O)[O-])cc(C(F)(F)F)cc2[N+](=O)[O-])cc1. The Bertz CT molecular complexity index is 1340. The van der Waals surface area contributed by atoms with Gasteiger partial charge in [-0.2, -0.15) is 13.2 Å². The Balaban J connectivity index is 2.07. The average Bonchev–Trinajstić information content (AvgIpc) is 2.83. The molecule has 0 aliphatic heterocycles. The topological polar surface area (TPSA) is 122 Å². The molecule has 3 rings (SSSR count). The van der Waals surface area contributed by atoms with Crippen molar-refractivity contribution in [1.82, 2.24) is 0 Å². The van der Waals surface area contributed by atoms with Gasteiger partial charge in [0.15, 0.2) is 11.5 Å². The summed E-state index contributed by atoms with van der Waals surface area (Å²) in [6.07, 6.45) is -2.71. The number of nitro benzene ring substituents is 2. The fourth-order valence-corrected chi connectivity index (χ4v) is 3.24. The van der Waals surface area contributed by atoms with E-state index in [1.165, 1.54) is 43.5 Å². The third-order valence-electron chi connectivity index (χ3n) is 4.76. The van der Waals surface area contributed by atoms with Crippen molar-refractivity contribution in [1.29, 1.82) is 0 Å². The molecule has 3 aromatic rings. The van der Waals surface area contributed by atoms with Crippen LogP contribution in [0.25, 0.3) is 6.08 Å². The first-order valence-corrected chi connectivity index (χ1v) is 10.2. The van der Waals surface area contributed by atoms with Gasteiger partial charge in [0.2, 0.25) is 0 Å². The van der Waals surface area contributed by atoms with E-state index in [1.807, 2.05) is 0 Å². The minimum Gasteiger partial charge on any atom is -0.497 e. The lowest BCUT2D eigenvalue weighted by atomic mass is 10.1. The summed E-state index contributed by atoms with van der Waals surface area (Å²) in [5.41, 5.74) is -3.81. The summed E-state index contributed by atoms with van der Waals surface area (Å²) in [6.45, 7) is 0. The first-order chi connectivity index (χ1) is 16.9. The molecule has 0 radical (unpaired) electrons. The van der Waals surface area contributed by atoms with Gasteiger partial charge in [-0.15, -0.1) is 0 Å². The molecule has 0 saturated carbocycles. The third-order valence-corrected chi connectivity index (χ3v) is 5.06. The highest BCUT2D eigenvalue weighted by molar-refractivity contribution is 6.32. The smallest absolute Gasteiger partial charge is 0.416 e. The second-order valence-electron chi connectivity index (χ2n) is 7.04. The average molecular weight is 523 g/mol. The number of allylic oxidation sites excluding steroid dienone is 1. The van der Waals surface area contributed by atoms with E-state index in [1.54, 1.807) is 12.1 Å². The summed E-state index contributed by atoms with van der Waals surface area (Å²) in [4.78, 5) is 33.0. The Labute approximate surface area is 205 Å². The first-order valence-electron chi connectivity index (χ1n) is 9.79. The van der Waals surface area contributed by atoms with E-state index in [9.17, 15) is 38.2 Å². The number of ether oxygens (including phenoxy) is 2. The molecule has 0 aliphatic carbocycles. The molecule has 3 aromatic carbocycles. The summed E-state index contributed by atoms with van der Waals surface area (Å²) in [7, 11) is 1.46. The van der Waals surface area contributed by atoms with Crippen LogP contribution in [-0.4, -0.2) is 22.7 Å². The van der Waals surface area contributed by atoms with Crippen molar-refractivity contribution in [2.75, 3.05) is 7.11 Å². The van der Waals surface area contributed by atoms with Crippen LogP contribution in [0.2, 0.25) is 5.02 Å². The van der Waals surface area contributed by atoms with Gasteiger partial charge >= 0.3 is 17.6 Å². The van der Waals surface area contributed by atoms with Gasteiger partial charge < -0.3 is 9.47 Å². The molecule has 0 N–H and O–H groups in total. The molecule has 36 heavy (non-hydrogen) atoms. The second-order valence-corrected chi connectivity index (χ2v) is 7.45. The lowest BCUT2D eigenvalue weighted by Gasteiger charge is -2.13. The number of carbonyl (C=O) groups is 1. The zero-order valence-corrected chi connectivity index (χ0v) is 18.9. The molecule has 0 heterocycles. The van der Waals surface area contributed by atoms with Crippen molar-refractivity contribution in [3.8, 4) is 17.2 Å². The number of carbonyl (C=O) groups excluding carboxylic acids is 1. The maximum absolute atomic E-state index is 13.2. The van der Waals surface area contributed by atoms with Crippen molar-refractivity contribution in [2.45, 2.75) is 6.18 Å². The standard InChI is InChI=1S/C23H14ClF3N2O7/c1-35-16-8-5-13(6-9-16)20(30)10-7-14-3-2-4-17(24)21(14)36-22-18(28(31)32)11-15(23(25,26)27)12-19(22)29(33)34/h2-12H,1H3/b10-7+. The Kier molecular flexibility index (Phi) is 7.59. The van der Waals surface area contributed by atoms with Gasteiger partial charge in [0.25, 0.3) is 5.75 Å². The summed E-state index contributed by atoms with van der Waals surface area (Å²) in [5.74, 6) is -1.32. The van der Waals surface area contributed by atoms with E-state index in [4.69, 9.17) is 21.1 Å². The van der Waals surface area contributed by atoms with Crippen molar-refractivity contribution in [3.63, 3.8) is 0 Å². The minimum atomic E-state index is -5.09. The molecule has 0 unspecified atom stereocenters. The molecular weight excluding hydrogens is 509 g/mol. The molecule has 186 valence electrons. The number of nitrogens with zero attached hydrogens (tertiary/aromatic N) is 2. The molecule has 13 heteroatoms. The van der Waals surface area contributed by atoms with Gasteiger partial charge in [-0.1, -0.05) is 23.7 Å². The maximum atomic E-state index is 13.2. The van der Waals surface area contributed by atoms with Crippen LogP contribution in [0.4, 0.5) is 24.5 Å². The van der Waals surface area contributed by atoms with E-state index in [-0.39, 0.29) is 28.5 Å². The molecule has 0 atom stereocenters. The van der Waals surface area contributed by atoms with Gasteiger partial charge in [0, 0.05) is 23.3 Å². The Morgan fingerprint density at radius 2 is 1.56 bits per heavy atom. The molecule has 0 amide bonds. The van der Waals surface area contributed by atoms with Crippen molar-refractivity contribution < 1.29 is 37.3 Å². The monoisotopic (exact) mass is 522 g/mol. The number of methoxy groups -OCH3 is 1. The quantitative estimate of drug-likeness (QED) is 0.137. The molecule has 0 fully saturated rings. The zero-order valence-electron chi connectivity index (χ0n) is 18.1. The number of hydrogen-bond donors (Lipinski definition) is 0. The van der Waals surface area contributed by atoms with Crippen molar-refractivity contribution in [2.24, 2.45) is 0 Å². The van der Waals surface area contributed by atoms with E-state index >= 15 is 0 Å². The summed E-state index contributed by atoms with van der Waals surface area (Å²) >= 11 is 6.14. The number of halogens is 4. The number of alkyl halides is 3. The van der Waals surface area contributed by atoms with Gasteiger partial charge in [0.1, 0.15) is 5.75 Å². The summed E-state index contributed by atoms with van der Waals surface area (Å²) < 4.78 is 49.9. The number of benzene rings is 3.